The van der Waals surface area contributed by atoms with Crippen LogP contribution in [0.5, 0.6) is 0 Å². The molecule has 5 heteroatoms. The summed E-state index contributed by atoms with van der Waals surface area (Å²) >= 11 is 0. The summed E-state index contributed by atoms with van der Waals surface area (Å²) in [5, 5.41) is 8.71. The van der Waals surface area contributed by atoms with Crippen molar-refractivity contribution in [1.29, 1.82) is 5.26 Å². The van der Waals surface area contributed by atoms with Gasteiger partial charge in [-0.05, 0) is 19.1 Å². The van der Waals surface area contributed by atoms with Crippen LogP contribution >= 0.6 is 0 Å². The first kappa shape index (κ1) is 12.0. The van der Waals surface area contributed by atoms with Crippen molar-refractivity contribution in [2.24, 2.45) is 11.7 Å². The average molecular weight is 218 g/mol. The zero-order chi connectivity index (χ0) is 12.1. The molecule has 0 aliphatic rings. The molecule has 2 N–H and O–H groups in total. The van der Waals surface area contributed by atoms with Crippen LogP contribution in [0.25, 0.3) is 0 Å². The van der Waals surface area contributed by atoms with E-state index in [0.29, 0.717) is 6.54 Å². The van der Waals surface area contributed by atoms with Crippen LogP contribution in [0.2, 0.25) is 0 Å². The first-order valence-corrected chi connectivity index (χ1v) is 4.91. The molecule has 1 atom stereocenters. The zero-order valence-corrected chi connectivity index (χ0v) is 9.34. The summed E-state index contributed by atoms with van der Waals surface area (Å²) in [6.07, 6.45) is 1.53. The highest BCUT2D eigenvalue weighted by atomic mass is 16.1. The van der Waals surface area contributed by atoms with Crippen LogP contribution in [0.4, 0.5) is 5.69 Å². The van der Waals surface area contributed by atoms with Crippen LogP contribution in [0.3, 0.4) is 0 Å². The molecule has 1 aromatic rings. The van der Waals surface area contributed by atoms with Gasteiger partial charge in [-0.1, -0.05) is 0 Å². The predicted octanol–water partition coefficient (Wildman–Crippen LogP) is 0.776. The van der Waals surface area contributed by atoms with E-state index in [0.717, 1.165) is 5.69 Å². The van der Waals surface area contributed by atoms with Crippen LogP contribution in [0, 0.1) is 17.2 Å². The molecule has 1 heterocycles. The average Bonchev–Trinajstić information content (AvgIpc) is 2.28. The molecule has 1 unspecified atom stereocenters. The van der Waals surface area contributed by atoms with E-state index < -0.39 is 5.91 Å². The summed E-state index contributed by atoms with van der Waals surface area (Å²) in [5.41, 5.74) is 6.19. The van der Waals surface area contributed by atoms with Crippen LogP contribution in [-0.2, 0) is 0 Å². The first-order chi connectivity index (χ1) is 7.54. The van der Waals surface area contributed by atoms with E-state index in [1.165, 1.54) is 6.20 Å². The number of nitrogens with zero attached hydrogens (tertiary/aromatic N) is 3. The Hall–Kier alpha value is -2.09. The van der Waals surface area contributed by atoms with Gasteiger partial charge in [0.2, 0.25) is 0 Å². The van der Waals surface area contributed by atoms with Gasteiger partial charge in [0.05, 0.1) is 12.0 Å². The lowest BCUT2D eigenvalue weighted by Crippen LogP contribution is -2.24. The third-order valence-corrected chi connectivity index (χ3v) is 2.20. The molecule has 16 heavy (non-hydrogen) atoms. The summed E-state index contributed by atoms with van der Waals surface area (Å²) in [4.78, 5) is 16.7. The van der Waals surface area contributed by atoms with Crippen molar-refractivity contribution >= 4 is 11.6 Å². The highest BCUT2D eigenvalue weighted by Crippen LogP contribution is 2.14. The quantitative estimate of drug-likeness (QED) is 0.809. The Balaban J connectivity index is 2.84. The topological polar surface area (TPSA) is 83.0 Å². The lowest BCUT2D eigenvalue weighted by Gasteiger charge is -2.20. The standard InChI is InChI=1S/C11H14N4O/c1-8(6-12)7-15(2)9-3-4-14-10(5-9)11(13)16/h3-5,8H,7H2,1-2H3,(H2,13,16). The third kappa shape index (κ3) is 2.95. The monoisotopic (exact) mass is 218 g/mol. The molecule has 0 aromatic carbocycles. The van der Waals surface area contributed by atoms with Crippen LogP contribution in [0.1, 0.15) is 17.4 Å². The Morgan fingerprint density at radius 2 is 2.44 bits per heavy atom. The third-order valence-electron chi connectivity index (χ3n) is 2.20. The Morgan fingerprint density at radius 1 is 1.75 bits per heavy atom. The number of hydrogen-bond donors (Lipinski definition) is 1. The molecule has 0 aliphatic heterocycles. The van der Waals surface area contributed by atoms with Crippen LogP contribution in [-0.4, -0.2) is 24.5 Å². The van der Waals surface area contributed by atoms with Crippen molar-refractivity contribution in [2.45, 2.75) is 6.92 Å². The van der Waals surface area contributed by atoms with Gasteiger partial charge in [-0.15, -0.1) is 0 Å². The molecular weight excluding hydrogens is 204 g/mol. The number of amides is 1. The van der Waals surface area contributed by atoms with E-state index in [4.69, 9.17) is 11.0 Å². The number of primary amides is 1. The highest BCUT2D eigenvalue weighted by Gasteiger charge is 2.08. The molecule has 1 aromatic heterocycles. The van der Waals surface area contributed by atoms with E-state index in [9.17, 15) is 4.79 Å². The summed E-state index contributed by atoms with van der Waals surface area (Å²) in [6.45, 7) is 2.44. The number of pyridine rings is 1. The molecule has 0 fully saturated rings. The van der Waals surface area contributed by atoms with Gasteiger partial charge in [0.25, 0.3) is 5.91 Å². The van der Waals surface area contributed by atoms with E-state index in [2.05, 4.69) is 11.1 Å². The van der Waals surface area contributed by atoms with Crippen molar-refractivity contribution in [3.8, 4) is 6.07 Å². The van der Waals surface area contributed by atoms with Gasteiger partial charge in [-0.2, -0.15) is 5.26 Å². The molecule has 0 saturated heterocycles. The fourth-order valence-electron chi connectivity index (χ4n) is 1.35. The van der Waals surface area contributed by atoms with Gasteiger partial charge in [-0.25, -0.2) is 0 Å². The second-order valence-electron chi connectivity index (χ2n) is 3.67. The number of hydrogen-bond acceptors (Lipinski definition) is 4. The fraction of sp³-hybridized carbons (Fsp3) is 0.364. The van der Waals surface area contributed by atoms with Crippen molar-refractivity contribution in [3.05, 3.63) is 24.0 Å². The maximum Gasteiger partial charge on any atom is 0.267 e. The predicted molar refractivity (Wildman–Crippen MR) is 60.8 cm³/mol. The molecule has 84 valence electrons. The van der Waals surface area contributed by atoms with Crippen molar-refractivity contribution < 1.29 is 4.79 Å². The number of carbonyl (C=O) groups excluding carboxylic acids is 1. The van der Waals surface area contributed by atoms with Gasteiger partial charge in [-0.3, -0.25) is 9.78 Å². The van der Waals surface area contributed by atoms with Crippen molar-refractivity contribution in [1.82, 2.24) is 4.98 Å². The Bertz CT molecular complexity index is 424. The second-order valence-corrected chi connectivity index (χ2v) is 3.67. The maximum atomic E-state index is 10.9. The molecule has 0 saturated carbocycles. The summed E-state index contributed by atoms with van der Waals surface area (Å²) < 4.78 is 0. The second kappa shape index (κ2) is 5.12. The largest absolute Gasteiger partial charge is 0.373 e. The number of nitrogens with two attached hydrogens (primary N) is 1. The molecule has 0 aliphatic carbocycles. The molecule has 1 amide bonds. The van der Waals surface area contributed by atoms with Gasteiger partial charge < -0.3 is 10.6 Å². The molecule has 1 rings (SSSR count). The minimum atomic E-state index is -0.552. The molecule has 0 spiro atoms. The SMILES string of the molecule is CC(C#N)CN(C)c1ccnc(C(N)=O)c1. The number of rotatable bonds is 4. The van der Waals surface area contributed by atoms with E-state index >= 15 is 0 Å². The highest BCUT2D eigenvalue weighted by molar-refractivity contribution is 5.91. The van der Waals surface area contributed by atoms with E-state index in [-0.39, 0.29) is 11.6 Å². The molecular formula is C11H14N4O. The Kier molecular flexibility index (Phi) is 3.84. The van der Waals surface area contributed by atoms with Crippen LogP contribution in [0.15, 0.2) is 18.3 Å². The molecule has 5 nitrogen and oxygen atoms in total. The number of anilines is 1. The zero-order valence-electron chi connectivity index (χ0n) is 9.34. The summed E-state index contributed by atoms with van der Waals surface area (Å²) in [7, 11) is 1.86. The minimum Gasteiger partial charge on any atom is -0.373 e. The number of carbonyl (C=O) groups is 1. The molecule has 0 radical (unpaired) electrons. The smallest absolute Gasteiger partial charge is 0.267 e. The normalized spacial score (nSPS) is 11.6. The fourth-order valence-corrected chi connectivity index (χ4v) is 1.35. The van der Waals surface area contributed by atoms with Crippen LogP contribution < -0.4 is 10.6 Å². The molecule has 0 bridgehead atoms. The number of nitriles is 1. The summed E-state index contributed by atoms with van der Waals surface area (Å²) in [6, 6.07) is 5.55. The number of aromatic nitrogens is 1. The van der Waals surface area contributed by atoms with Gasteiger partial charge in [0, 0.05) is 25.5 Å². The van der Waals surface area contributed by atoms with Gasteiger partial charge >= 0.3 is 0 Å². The van der Waals surface area contributed by atoms with Gasteiger partial charge in [0.15, 0.2) is 0 Å². The first-order valence-electron chi connectivity index (χ1n) is 4.91. The Morgan fingerprint density at radius 3 is 3.00 bits per heavy atom. The van der Waals surface area contributed by atoms with Gasteiger partial charge in [0.1, 0.15) is 5.69 Å². The minimum absolute atomic E-state index is 0.0739. The van der Waals surface area contributed by atoms with Crippen molar-refractivity contribution in [3.63, 3.8) is 0 Å². The summed E-state index contributed by atoms with van der Waals surface area (Å²) in [5.74, 6) is -0.626. The maximum absolute atomic E-state index is 10.9. The lowest BCUT2D eigenvalue weighted by molar-refractivity contribution is 0.0995. The Labute approximate surface area is 94.5 Å². The lowest BCUT2D eigenvalue weighted by atomic mass is 10.2. The van der Waals surface area contributed by atoms with E-state index in [1.54, 1.807) is 12.1 Å². The van der Waals surface area contributed by atoms with Crippen molar-refractivity contribution in [2.75, 3.05) is 18.5 Å². The van der Waals surface area contributed by atoms with E-state index in [1.807, 2.05) is 18.9 Å².